The van der Waals surface area contributed by atoms with Gasteiger partial charge in [0.25, 0.3) is 0 Å². The van der Waals surface area contributed by atoms with Gasteiger partial charge >= 0.3 is 0 Å². The fourth-order valence-electron chi connectivity index (χ4n) is 7.81. The van der Waals surface area contributed by atoms with E-state index in [1.54, 1.807) is 24.3 Å². The molecule has 0 bridgehead atoms. The van der Waals surface area contributed by atoms with Gasteiger partial charge in [0.1, 0.15) is 11.2 Å². The average molecular weight is 707 g/mol. The molecule has 9 aromatic carbocycles. The van der Waals surface area contributed by atoms with Gasteiger partial charge in [-0.1, -0.05) is 164 Å². The summed E-state index contributed by atoms with van der Waals surface area (Å²) in [6.45, 7) is 0. The Bertz CT molecular complexity index is 3490. The zero-order valence-electron chi connectivity index (χ0n) is 34.3. The van der Waals surface area contributed by atoms with Crippen LogP contribution >= 0.6 is 0 Å². The van der Waals surface area contributed by atoms with Crippen LogP contribution in [0.15, 0.2) is 192 Å². The highest BCUT2D eigenvalue weighted by atomic mass is 16.3. The van der Waals surface area contributed by atoms with Crippen molar-refractivity contribution in [2.24, 2.45) is 0 Å². The zero-order chi connectivity index (χ0) is 40.6. The first kappa shape index (κ1) is 26.4. The molecule has 2 heterocycles. The number of benzene rings is 9. The third-order valence-electron chi connectivity index (χ3n) is 10.4. The van der Waals surface area contributed by atoms with E-state index in [4.69, 9.17) is 26.2 Å². The predicted molar refractivity (Wildman–Crippen MR) is 227 cm³/mol. The molecule has 4 nitrogen and oxygen atoms in total. The standard InChI is InChI=1S/C51H31N3O/c1-3-12-32(13-4-1)33-22-24-35(25-23-33)50-52-49(34-14-5-2-6-15-34)53-51(54-50)37-27-29-44-47(31-37)55-46-21-11-20-38(48(44)46)36-26-28-43-41-18-8-7-16-39(41)40-17-9-10-19-42(40)45(43)30-36/h1-31H/i1D,3D,4D,12D,13D. The summed E-state index contributed by atoms with van der Waals surface area (Å²) in [5.41, 5.74) is 6.56. The summed E-state index contributed by atoms with van der Waals surface area (Å²) < 4.78 is 47.7. The van der Waals surface area contributed by atoms with E-state index in [2.05, 4.69) is 78.9 Å². The van der Waals surface area contributed by atoms with Crippen LogP contribution in [0, 0.1) is 0 Å². The minimum Gasteiger partial charge on any atom is -0.456 e. The fourth-order valence-corrected chi connectivity index (χ4v) is 7.81. The molecule has 4 heteroatoms. The molecule has 0 spiro atoms. The van der Waals surface area contributed by atoms with Crippen molar-refractivity contribution < 1.29 is 11.3 Å². The van der Waals surface area contributed by atoms with Crippen LogP contribution in [-0.2, 0) is 0 Å². The van der Waals surface area contributed by atoms with Gasteiger partial charge in [0.05, 0.1) is 6.85 Å². The van der Waals surface area contributed by atoms with Gasteiger partial charge in [-0.3, -0.25) is 0 Å². The summed E-state index contributed by atoms with van der Waals surface area (Å²) in [4.78, 5) is 14.8. The van der Waals surface area contributed by atoms with Gasteiger partial charge in [-0.25, -0.2) is 15.0 Å². The molecule has 0 fully saturated rings. The summed E-state index contributed by atoms with van der Waals surface area (Å²) in [7, 11) is 0. The van der Waals surface area contributed by atoms with Gasteiger partial charge in [0, 0.05) is 27.5 Å². The molecule has 0 aliphatic heterocycles. The fraction of sp³-hybridized carbons (Fsp3) is 0. The van der Waals surface area contributed by atoms with Gasteiger partial charge in [0.2, 0.25) is 0 Å². The molecule has 11 aromatic rings. The summed E-state index contributed by atoms with van der Waals surface area (Å²) in [6.07, 6.45) is 0. The third-order valence-corrected chi connectivity index (χ3v) is 10.4. The normalized spacial score (nSPS) is 12.9. The van der Waals surface area contributed by atoms with Crippen LogP contribution in [0.5, 0.6) is 0 Å². The summed E-state index contributed by atoms with van der Waals surface area (Å²) in [5.74, 6) is 1.38. The van der Waals surface area contributed by atoms with Crippen molar-refractivity contribution in [3.05, 3.63) is 188 Å². The topological polar surface area (TPSA) is 51.8 Å². The van der Waals surface area contributed by atoms with E-state index >= 15 is 0 Å². The summed E-state index contributed by atoms with van der Waals surface area (Å²) in [6, 6.07) is 51.3. The summed E-state index contributed by atoms with van der Waals surface area (Å²) in [5, 5.41) is 9.38. The van der Waals surface area contributed by atoms with Crippen LogP contribution in [-0.4, -0.2) is 15.0 Å². The van der Waals surface area contributed by atoms with Gasteiger partial charge in [-0.2, -0.15) is 0 Å². The number of hydrogen-bond donors (Lipinski definition) is 0. The zero-order valence-corrected chi connectivity index (χ0v) is 29.3. The van der Waals surface area contributed by atoms with Crippen LogP contribution < -0.4 is 0 Å². The quantitative estimate of drug-likeness (QED) is 0.167. The van der Waals surface area contributed by atoms with Crippen LogP contribution in [0.3, 0.4) is 0 Å². The highest BCUT2D eigenvalue weighted by Gasteiger charge is 2.18. The molecule has 0 unspecified atom stereocenters. The van der Waals surface area contributed by atoms with Crippen LogP contribution in [0.1, 0.15) is 6.85 Å². The molecule has 0 amide bonds. The highest BCUT2D eigenvalue weighted by Crippen LogP contribution is 2.41. The van der Waals surface area contributed by atoms with Gasteiger partial charge < -0.3 is 4.42 Å². The molecular weight excluding hydrogens is 671 g/mol. The largest absolute Gasteiger partial charge is 0.456 e. The second-order valence-electron chi connectivity index (χ2n) is 13.6. The molecule has 2 aromatic heterocycles. The number of hydrogen-bond acceptors (Lipinski definition) is 4. The lowest BCUT2D eigenvalue weighted by Gasteiger charge is -2.12. The van der Waals surface area contributed by atoms with Crippen LogP contribution in [0.25, 0.3) is 111 Å². The predicted octanol–water partition coefficient (Wildman–Crippen LogP) is 13.6. The molecule has 0 radical (unpaired) electrons. The van der Waals surface area contributed by atoms with Crippen molar-refractivity contribution in [2.75, 3.05) is 0 Å². The molecule has 0 aliphatic carbocycles. The van der Waals surface area contributed by atoms with Crippen LogP contribution in [0.2, 0.25) is 0 Å². The molecule has 55 heavy (non-hydrogen) atoms. The molecule has 0 atom stereocenters. The third kappa shape index (κ3) is 5.26. The first-order valence-corrected chi connectivity index (χ1v) is 18.1. The maximum atomic E-state index is 8.45. The highest BCUT2D eigenvalue weighted by molar-refractivity contribution is 6.26. The van der Waals surface area contributed by atoms with E-state index in [1.165, 1.54) is 32.3 Å². The van der Waals surface area contributed by atoms with E-state index in [0.29, 0.717) is 34.2 Å². The van der Waals surface area contributed by atoms with Crippen molar-refractivity contribution in [3.8, 4) is 56.4 Å². The smallest absolute Gasteiger partial charge is 0.164 e. The first-order valence-electron chi connectivity index (χ1n) is 20.6. The molecule has 256 valence electrons. The second-order valence-corrected chi connectivity index (χ2v) is 13.6. The first-order chi connectivity index (χ1) is 29.3. The Kier molecular flexibility index (Phi) is 6.04. The minimum atomic E-state index is -0.425. The Hall–Kier alpha value is -7.43. The van der Waals surface area contributed by atoms with Crippen molar-refractivity contribution in [2.45, 2.75) is 0 Å². The number of rotatable bonds is 5. The summed E-state index contributed by atoms with van der Waals surface area (Å²) >= 11 is 0. The van der Waals surface area contributed by atoms with E-state index in [1.807, 2.05) is 54.6 Å². The maximum absolute atomic E-state index is 8.45. The Labute approximate surface area is 324 Å². The Morgan fingerprint density at radius 2 is 0.873 bits per heavy atom. The number of furan rings is 1. The SMILES string of the molecule is [2H]c1c([2H])c([2H])c(-c2ccc(-c3nc(-c4ccccc4)nc(-c4ccc5c(c4)oc4cccc(-c6ccc7c8ccccc8c8ccccc8c7c6)c45)n3)cc2)c([2H])c1[2H]. The van der Waals surface area contributed by atoms with Crippen molar-refractivity contribution >= 4 is 54.3 Å². The molecule has 0 saturated carbocycles. The van der Waals surface area contributed by atoms with E-state index in [0.717, 1.165) is 38.6 Å². The van der Waals surface area contributed by atoms with Crippen molar-refractivity contribution in [3.63, 3.8) is 0 Å². The average Bonchev–Trinajstić information content (AvgIpc) is 3.69. The molecule has 0 N–H and O–H groups in total. The van der Waals surface area contributed by atoms with Gasteiger partial charge in [-0.05, 0) is 78.8 Å². The van der Waals surface area contributed by atoms with Crippen molar-refractivity contribution in [1.82, 2.24) is 15.0 Å². The second kappa shape index (κ2) is 12.6. The van der Waals surface area contributed by atoms with E-state index < -0.39 is 6.04 Å². The molecule has 11 rings (SSSR count). The number of aromatic nitrogens is 3. The monoisotopic (exact) mass is 706 g/mol. The van der Waals surface area contributed by atoms with E-state index in [-0.39, 0.29) is 29.7 Å². The lowest BCUT2D eigenvalue weighted by Crippen LogP contribution is -2.00. The lowest BCUT2D eigenvalue weighted by molar-refractivity contribution is 0.669. The number of nitrogens with zero attached hydrogens (tertiary/aromatic N) is 3. The lowest BCUT2D eigenvalue weighted by atomic mass is 9.91. The maximum Gasteiger partial charge on any atom is 0.164 e. The van der Waals surface area contributed by atoms with Gasteiger partial charge in [-0.15, -0.1) is 0 Å². The Morgan fingerprint density at radius 3 is 1.56 bits per heavy atom. The molecule has 0 aliphatic rings. The van der Waals surface area contributed by atoms with E-state index in [9.17, 15) is 0 Å². The Balaban J connectivity index is 1.03. The number of fused-ring (bicyclic) bond motifs is 9. The minimum absolute atomic E-state index is 0.138. The van der Waals surface area contributed by atoms with Crippen LogP contribution in [0.4, 0.5) is 0 Å². The van der Waals surface area contributed by atoms with Crippen molar-refractivity contribution in [1.29, 1.82) is 0 Å². The molecular formula is C51H31N3O. The van der Waals surface area contributed by atoms with Gasteiger partial charge in [0.15, 0.2) is 17.5 Å². The molecule has 0 saturated heterocycles. The Morgan fingerprint density at radius 1 is 0.345 bits per heavy atom.